The van der Waals surface area contributed by atoms with E-state index in [1.165, 1.54) is 11.3 Å². The Morgan fingerprint density at radius 1 is 1.14 bits per heavy atom. The summed E-state index contributed by atoms with van der Waals surface area (Å²) in [6, 6.07) is 8.65. The second-order valence-corrected chi connectivity index (χ2v) is 7.65. The molecule has 5 nitrogen and oxygen atoms in total. The van der Waals surface area contributed by atoms with E-state index in [4.69, 9.17) is 9.47 Å². The molecule has 1 aromatic heterocycles. The summed E-state index contributed by atoms with van der Waals surface area (Å²) in [5.41, 5.74) is 0.716. The molecule has 0 bridgehead atoms. The molecule has 0 saturated carbocycles. The van der Waals surface area contributed by atoms with Crippen LogP contribution in [0, 0.1) is 6.92 Å². The zero-order chi connectivity index (χ0) is 15.5. The van der Waals surface area contributed by atoms with Gasteiger partial charge < -0.3 is 9.47 Å². The van der Waals surface area contributed by atoms with Crippen LogP contribution in [0.5, 0.6) is 11.5 Å². The molecule has 0 spiro atoms. The number of benzene rings is 1. The molecule has 0 aliphatic heterocycles. The van der Waals surface area contributed by atoms with Crippen molar-refractivity contribution in [3.05, 3.63) is 40.8 Å². The van der Waals surface area contributed by atoms with Crippen molar-refractivity contribution in [2.24, 2.45) is 0 Å². The maximum absolute atomic E-state index is 12.2. The van der Waals surface area contributed by atoms with Crippen molar-refractivity contribution in [1.82, 2.24) is 4.72 Å². The van der Waals surface area contributed by atoms with Gasteiger partial charge in [0, 0.05) is 17.0 Å². The lowest BCUT2D eigenvalue weighted by atomic mass is 10.2. The van der Waals surface area contributed by atoms with Gasteiger partial charge in [0.2, 0.25) is 10.0 Å². The fourth-order valence-electron chi connectivity index (χ4n) is 1.82. The van der Waals surface area contributed by atoms with Crippen molar-refractivity contribution in [1.29, 1.82) is 0 Å². The third-order valence-electron chi connectivity index (χ3n) is 2.92. The van der Waals surface area contributed by atoms with Crippen LogP contribution in [-0.4, -0.2) is 22.6 Å². The van der Waals surface area contributed by atoms with E-state index in [1.807, 2.05) is 6.92 Å². The summed E-state index contributed by atoms with van der Waals surface area (Å²) in [6.07, 6.45) is 0. The number of thiophene rings is 1. The lowest BCUT2D eigenvalue weighted by Crippen LogP contribution is -2.22. The minimum atomic E-state index is -3.51. The minimum absolute atomic E-state index is 0.139. The van der Waals surface area contributed by atoms with Crippen LogP contribution in [-0.2, 0) is 16.6 Å². The first-order valence-electron chi connectivity index (χ1n) is 6.23. The van der Waals surface area contributed by atoms with Gasteiger partial charge in [0.1, 0.15) is 15.7 Å². The van der Waals surface area contributed by atoms with Crippen molar-refractivity contribution in [2.75, 3.05) is 14.2 Å². The highest BCUT2D eigenvalue weighted by Crippen LogP contribution is 2.25. The van der Waals surface area contributed by atoms with Gasteiger partial charge in [-0.25, -0.2) is 13.1 Å². The first-order valence-corrected chi connectivity index (χ1v) is 8.53. The zero-order valence-corrected chi connectivity index (χ0v) is 13.7. The van der Waals surface area contributed by atoms with Crippen molar-refractivity contribution in [3.8, 4) is 11.5 Å². The van der Waals surface area contributed by atoms with Crippen LogP contribution >= 0.6 is 11.3 Å². The Bertz CT molecular complexity index is 722. The van der Waals surface area contributed by atoms with Gasteiger partial charge in [0.15, 0.2) is 0 Å². The van der Waals surface area contributed by atoms with E-state index in [0.29, 0.717) is 21.3 Å². The Kier molecular flexibility index (Phi) is 4.87. The highest BCUT2D eigenvalue weighted by atomic mass is 32.2. The molecule has 0 amide bonds. The highest BCUT2D eigenvalue weighted by Gasteiger charge is 2.17. The van der Waals surface area contributed by atoms with E-state index in [1.54, 1.807) is 44.6 Å². The topological polar surface area (TPSA) is 64.6 Å². The van der Waals surface area contributed by atoms with Crippen LogP contribution < -0.4 is 14.2 Å². The molecule has 1 aromatic carbocycles. The van der Waals surface area contributed by atoms with Gasteiger partial charge in [-0.3, -0.25) is 0 Å². The van der Waals surface area contributed by atoms with Gasteiger partial charge in [-0.15, -0.1) is 11.3 Å². The molecular weight excluding hydrogens is 310 g/mol. The van der Waals surface area contributed by atoms with Crippen molar-refractivity contribution >= 4 is 21.4 Å². The van der Waals surface area contributed by atoms with Gasteiger partial charge in [0.25, 0.3) is 0 Å². The molecule has 2 rings (SSSR count). The maximum Gasteiger partial charge on any atom is 0.250 e. The number of ether oxygens (including phenoxy) is 2. The lowest BCUT2D eigenvalue weighted by Gasteiger charge is -2.11. The number of nitrogens with one attached hydrogen (secondary N) is 1. The van der Waals surface area contributed by atoms with Crippen molar-refractivity contribution < 1.29 is 17.9 Å². The first kappa shape index (κ1) is 15.8. The van der Waals surface area contributed by atoms with E-state index in [-0.39, 0.29) is 6.54 Å². The smallest absolute Gasteiger partial charge is 0.250 e. The summed E-state index contributed by atoms with van der Waals surface area (Å²) in [5.74, 6) is 1.26. The molecule has 114 valence electrons. The Morgan fingerprint density at radius 2 is 1.90 bits per heavy atom. The number of hydrogen-bond acceptors (Lipinski definition) is 5. The molecule has 21 heavy (non-hydrogen) atoms. The van der Waals surface area contributed by atoms with Gasteiger partial charge in [0.05, 0.1) is 14.2 Å². The third kappa shape index (κ3) is 3.75. The van der Waals surface area contributed by atoms with Crippen LogP contribution in [0.4, 0.5) is 0 Å². The average molecular weight is 327 g/mol. The van der Waals surface area contributed by atoms with E-state index in [9.17, 15) is 8.42 Å². The van der Waals surface area contributed by atoms with Gasteiger partial charge in [-0.1, -0.05) is 0 Å². The molecule has 2 aromatic rings. The predicted octanol–water partition coefficient (Wildman–Crippen LogP) is 2.55. The van der Waals surface area contributed by atoms with E-state index < -0.39 is 10.0 Å². The highest BCUT2D eigenvalue weighted by molar-refractivity contribution is 7.91. The maximum atomic E-state index is 12.2. The van der Waals surface area contributed by atoms with Crippen LogP contribution in [0.1, 0.15) is 10.4 Å². The molecule has 1 N–H and O–H groups in total. The summed E-state index contributed by atoms with van der Waals surface area (Å²) < 4.78 is 37.7. The molecule has 7 heteroatoms. The standard InChI is InChI=1S/C14H17NO4S2/c1-10-4-7-14(20-10)21(16,17)15-9-11-8-12(18-2)5-6-13(11)19-3/h4-8,15H,9H2,1-3H3. The summed E-state index contributed by atoms with van der Waals surface area (Å²) in [6.45, 7) is 2.01. The van der Waals surface area contributed by atoms with Crippen LogP contribution in [0.3, 0.4) is 0 Å². The second-order valence-electron chi connectivity index (χ2n) is 4.37. The normalized spacial score (nSPS) is 11.4. The van der Waals surface area contributed by atoms with Crippen molar-refractivity contribution in [2.45, 2.75) is 17.7 Å². The monoisotopic (exact) mass is 327 g/mol. The summed E-state index contributed by atoms with van der Waals surface area (Å²) >= 11 is 1.24. The summed E-state index contributed by atoms with van der Waals surface area (Å²) in [5, 5.41) is 0. The molecule has 0 radical (unpaired) electrons. The fraction of sp³-hybridized carbons (Fsp3) is 0.286. The molecule has 0 fully saturated rings. The minimum Gasteiger partial charge on any atom is -0.497 e. The van der Waals surface area contributed by atoms with Crippen LogP contribution in [0.25, 0.3) is 0 Å². The Labute approximate surface area is 128 Å². The lowest BCUT2D eigenvalue weighted by molar-refractivity contribution is 0.398. The van der Waals surface area contributed by atoms with Gasteiger partial charge in [-0.05, 0) is 37.3 Å². The summed E-state index contributed by atoms with van der Waals surface area (Å²) in [4.78, 5) is 0.953. The summed E-state index contributed by atoms with van der Waals surface area (Å²) in [7, 11) is -0.406. The molecule has 0 saturated heterocycles. The van der Waals surface area contributed by atoms with Crippen LogP contribution in [0.15, 0.2) is 34.5 Å². The largest absolute Gasteiger partial charge is 0.497 e. The molecule has 0 aliphatic rings. The average Bonchev–Trinajstić information content (AvgIpc) is 2.92. The Balaban J connectivity index is 2.19. The van der Waals surface area contributed by atoms with Crippen molar-refractivity contribution in [3.63, 3.8) is 0 Å². The Morgan fingerprint density at radius 3 is 2.48 bits per heavy atom. The SMILES string of the molecule is COc1ccc(OC)c(CNS(=O)(=O)c2ccc(C)s2)c1. The molecule has 0 unspecified atom stereocenters. The van der Waals surface area contributed by atoms with E-state index in [0.717, 1.165) is 4.88 Å². The third-order valence-corrected chi connectivity index (χ3v) is 5.81. The van der Waals surface area contributed by atoms with E-state index in [2.05, 4.69) is 4.72 Å². The van der Waals surface area contributed by atoms with Crippen LogP contribution in [0.2, 0.25) is 0 Å². The molecule has 1 heterocycles. The second kappa shape index (κ2) is 6.46. The van der Waals surface area contributed by atoms with Gasteiger partial charge >= 0.3 is 0 Å². The predicted molar refractivity (Wildman–Crippen MR) is 82.6 cm³/mol. The molecule has 0 aliphatic carbocycles. The molecule has 0 atom stereocenters. The quantitative estimate of drug-likeness (QED) is 0.885. The Hall–Kier alpha value is -1.57. The first-order chi connectivity index (χ1) is 9.96. The number of aryl methyl sites for hydroxylation is 1. The number of rotatable bonds is 6. The number of methoxy groups -OCH3 is 2. The number of sulfonamides is 1. The molecular formula is C14H17NO4S2. The van der Waals surface area contributed by atoms with Gasteiger partial charge in [-0.2, -0.15) is 0 Å². The van der Waals surface area contributed by atoms with E-state index >= 15 is 0 Å². The fourth-order valence-corrected chi connectivity index (χ4v) is 4.15. The zero-order valence-electron chi connectivity index (χ0n) is 12.0. The number of hydrogen-bond donors (Lipinski definition) is 1.